The van der Waals surface area contributed by atoms with E-state index < -0.39 is 5.25 Å². The average Bonchev–Trinajstić information content (AvgIpc) is 2.46. The van der Waals surface area contributed by atoms with E-state index in [0.717, 1.165) is 23.6 Å². The van der Waals surface area contributed by atoms with E-state index in [2.05, 4.69) is 17.2 Å². The molecule has 2 rings (SSSR count). The number of nitrogens with zero attached hydrogens (tertiary/aromatic N) is 2. The molecule has 5 nitrogen and oxygen atoms in total. The Morgan fingerprint density at radius 1 is 1.50 bits per heavy atom. The van der Waals surface area contributed by atoms with Gasteiger partial charge in [-0.25, -0.2) is 4.98 Å². The molecule has 1 aromatic heterocycles. The summed E-state index contributed by atoms with van der Waals surface area (Å²) in [5, 5.41) is 3.29. The minimum absolute atomic E-state index is 0.0119. The van der Waals surface area contributed by atoms with Crippen LogP contribution in [0.1, 0.15) is 40.0 Å². The first-order valence-electron chi connectivity index (χ1n) is 7.75. The molecule has 0 aromatic carbocycles. The predicted molar refractivity (Wildman–Crippen MR) is 89.0 cm³/mol. The maximum absolute atomic E-state index is 12.7. The molecule has 2 amide bonds. The highest BCUT2D eigenvalue weighted by Crippen LogP contribution is 2.38. The van der Waals surface area contributed by atoms with Gasteiger partial charge in [0.25, 0.3) is 0 Å². The molecule has 0 spiro atoms. The Balaban J connectivity index is 2.17. The Morgan fingerprint density at radius 2 is 2.27 bits per heavy atom. The smallest absolute Gasteiger partial charge is 0.241 e. The Labute approximate surface area is 135 Å². The van der Waals surface area contributed by atoms with Crippen LogP contribution >= 0.6 is 11.8 Å². The fourth-order valence-corrected chi connectivity index (χ4v) is 3.53. The molecule has 1 atom stereocenters. The molecule has 0 bridgehead atoms. The minimum atomic E-state index is -0.391. The third-order valence-electron chi connectivity index (χ3n) is 3.39. The number of rotatable bonds is 6. The minimum Gasteiger partial charge on any atom is -0.354 e. The van der Waals surface area contributed by atoms with Gasteiger partial charge >= 0.3 is 0 Å². The molecule has 2 heterocycles. The number of anilines is 1. The van der Waals surface area contributed by atoms with Gasteiger partial charge < -0.3 is 10.2 Å². The maximum Gasteiger partial charge on any atom is 0.241 e. The zero-order valence-electron chi connectivity index (χ0n) is 13.3. The average molecular weight is 321 g/mol. The number of hydrogen-bond donors (Lipinski definition) is 1. The number of fused-ring (bicyclic) bond motifs is 1. The first-order chi connectivity index (χ1) is 10.5. The Morgan fingerprint density at radius 3 is 2.95 bits per heavy atom. The number of hydrogen-bond acceptors (Lipinski definition) is 4. The highest BCUT2D eigenvalue weighted by Gasteiger charge is 2.35. The molecule has 22 heavy (non-hydrogen) atoms. The van der Waals surface area contributed by atoms with Gasteiger partial charge in [-0.05, 0) is 32.4 Å². The fraction of sp³-hybridized carbons (Fsp3) is 0.562. The summed E-state index contributed by atoms with van der Waals surface area (Å²) in [7, 11) is 0. The van der Waals surface area contributed by atoms with Crippen molar-refractivity contribution in [1.29, 1.82) is 0 Å². The Hall–Kier alpha value is -1.56. The highest BCUT2D eigenvalue weighted by atomic mass is 32.2. The van der Waals surface area contributed by atoms with Crippen molar-refractivity contribution in [3.05, 3.63) is 18.3 Å². The third kappa shape index (κ3) is 4.00. The molecular weight excluding hydrogens is 298 g/mol. The zero-order chi connectivity index (χ0) is 16.1. The topological polar surface area (TPSA) is 62.3 Å². The summed E-state index contributed by atoms with van der Waals surface area (Å²) < 4.78 is 0. The van der Waals surface area contributed by atoms with Crippen LogP contribution in [-0.4, -0.2) is 34.6 Å². The van der Waals surface area contributed by atoms with Crippen LogP contribution in [0.4, 0.5) is 5.69 Å². The molecule has 1 aliphatic heterocycles. The first-order valence-corrected chi connectivity index (χ1v) is 8.63. The molecule has 1 aromatic rings. The highest BCUT2D eigenvalue weighted by molar-refractivity contribution is 8.00. The van der Waals surface area contributed by atoms with Crippen molar-refractivity contribution in [3.63, 3.8) is 0 Å². The molecule has 1 aliphatic rings. The molecule has 6 heteroatoms. The number of nitrogens with one attached hydrogen (secondary N) is 1. The lowest BCUT2D eigenvalue weighted by atomic mass is 10.2. The normalized spacial score (nSPS) is 17.5. The summed E-state index contributed by atoms with van der Waals surface area (Å²) in [5.74, 6) is -0.0754. The van der Waals surface area contributed by atoms with Crippen LogP contribution in [0.5, 0.6) is 0 Å². The van der Waals surface area contributed by atoms with Gasteiger partial charge in [0.15, 0.2) is 0 Å². The lowest BCUT2D eigenvalue weighted by Gasteiger charge is -2.32. The van der Waals surface area contributed by atoms with E-state index in [-0.39, 0.29) is 24.3 Å². The van der Waals surface area contributed by atoms with Crippen molar-refractivity contribution in [2.45, 2.75) is 56.4 Å². The predicted octanol–water partition coefficient (Wildman–Crippen LogP) is 2.60. The molecular formula is C16H23N3O2S. The molecule has 0 unspecified atom stereocenters. The second kappa shape index (κ2) is 7.63. The third-order valence-corrected chi connectivity index (χ3v) is 4.58. The number of carbonyl (C=O) groups is 2. The van der Waals surface area contributed by atoms with Crippen LogP contribution in [0.25, 0.3) is 0 Å². The Bertz CT molecular complexity index is 548. The first kappa shape index (κ1) is 16.8. The van der Waals surface area contributed by atoms with Crippen molar-refractivity contribution in [2.24, 2.45) is 0 Å². The second-order valence-corrected chi connectivity index (χ2v) is 6.90. The van der Waals surface area contributed by atoms with Crippen LogP contribution in [0.3, 0.4) is 0 Å². The van der Waals surface area contributed by atoms with Crippen LogP contribution < -0.4 is 10.2 Å². The Kier molecular flexibility index (Phi) is 5.83. The lowest BCUT2D eigenvalue weighted by molar-refractivity contribution is -0.125. The SMILES string of the molecule is CCCCN1C(=O)[C@H](CC(=O)NC(C)C)Sc2ncccc21. The van der Waals surface area contributed by atoms with Gasteiger partial charge in [0, 0.05) is 25.2 Å². The summed E-state index contributed by atoms with van der Waals surface area (Å²) in [6.07, 6.45) is 3.88. The van der Waals surface area contributed by atoms with E-state index in [1.807, 2.05) is 26.0 Å². The number of carbonyl (C=O) groups excluding carboxylic acids is 2. The number of pyridine rings is 1. The maximum atomic E-state index is 12.7. The van der Waals surface area contributed by atoms with Crippen molar-refractivity contribution in [1.82, 2.24) is 10.3 Å². The summed E-state index contributed by atoms with van der Waals surface area (Å²) >= 11 is 1.39. The summed E-state index contributed by atoms with van der Waals surface area (Å²) in [6.45, 7) is 6.61. The van der Waals surface area contributed by atoms with Crippen molar-refractivity contribution >= 4 is 29.3 Å². The largest absolute Gasteiger partial charge is 0.354 e. The molecule has 0 saturated heterocycles. The lowest BCUT2D eigenvalue weighted by Crippen LogP contribution is -2.44. The van der Waals surface area contributed by atoms with Gasteiger partial charge in [-0.3, -0.25) is 9.59 Å². The summed E-state index contributed by atoms with van der Waals surface area (Å²) in [6, 6.07) is 3.85. The van der Waals surface area contributed by atoms with Gasteiger partial charge in [0.2, 0.25) is 11.8 Å². The van der Waals surface area contributed by atoms with E-state index >= 15 is 0 Å². The van der Waals surface area contributed by atoms with Crippen molar-refractivity contribution in [2.75, 3.05) is 11.4 Å². The van der Waals surface area contributed by atoms with Gasteiger partial charge in [0.1, 0.15) is 5.03 Å². The fourth-order valence-electron chi connectivity index (χ4n) is 2.38. The summed E-state index contributed by atoms with van der Waals surface area (Å²) in [4.78, 5) is 30.9. The number of thioether (sulfide) groups is 1. The molecule has 0 saturated carbocycles. The monoisotopic (exact) mass is 321 g/mol. The van der Waals surface area contributed by atoms with Crippen LogP contribution in [-0.2, 0) is 9.59 Å². The second-order valence-electron chi connectivity index (χ2n) is 5.70. The molecule has 0 fully saturated rings. The number of aromatic nitrogens is 1. The van der Waals surface area contributed by atoms with E-state index in [1.54, 1.807) is 11.1 Å². The zero-order valence-corrected chi connectivity index (χ0v) is 14.2. The molecule has 0 aliphatic carbocycles. The van der Waals surface area contributed by atoms with E-state index in [9.17, 15) is 9.59 Å². The number of unbranched alkanes of at least 4 members (excludes halogenated alkanes) is 1. The summed E-state index contributed by atoms with van der Waals surface area (Å²) in [5.41, 5.74) is 0.867. The van der Waals surface area contributed by atoms with Gasteiger partial charge in [0.05, 0.1) is 10.9 Å². The quantitative estimate of drug-likeness (QED) is 0.875. The van der Waals surface area contributed by atoms with Gasteiger partial charge in [-0.2, -0.15) is 0 Å². The van der Waals surface area contributed by atoms with Crippen LogP contribution in [0.2, 0.25) is 0 Å². The molecule has 1 N–H and O–H groups in total. The molecule has 0 radical (unpaired) electrons. The van der Waals surface area contributed by atoms with Crippen LogP contribution in [0, 0.1) is 0 Å². The van der Waals surface area contributed by atoms with E-state index in [1.165, 1.54) is 11.8 Å². The van der Waals surface area contributed by atoms with E-state index in [4.69, 9.17) is 0 Å². The van der Waals surface area contributed by atoms with E-state index in [0.29, 0.717) is 6.54 Å². The van der Waals surface area contributed by atoms with Crippen molar-refractivity contribution < 1.29 is 9.59 Å². The van der Waals surface area contributed by atoms with Crippen LogP contribution in [0.15, 0.2) is 23.4 Å². The number of amides is 2. The standard InChI is InChI=1S/C16H23N3O2S/c1-4-5-9-19-12-7-6-8-17-15(12)22-13(16(19)21)10-14(20)18-11(2)3/h6-8,11,13H,4-5,9-10H2,1-3H3,(H,18,20)/t13-/m0/s1. The van der Waals surface area contributed by atoms with Gasteiger partial charge in [-0.1, -0.05) is 25.1 Å². The van der Waals surface area contributed by atoms with Crippen molar-refractivity contribution in [3.8, 4) is 0 Å². The molecule has 120 valence electrons. The van der Waals surface area contributed by atoms with Gasteiger partial charge in [-0.15, -0.1) is 0 Å².